The number of aromatic nitrogens is 2. The van der Waals surface area contributed by atoms with E-state index in [4.69, 9.17) is 4.74 Å². The summed E-state index contributed by atoms with van der Waals surface area (Å²) < 4.78 is 7.67. The number of rotatable bonds is 8. The molecular weight excluding hydrogens is 370 g/mol. The highest BCUT2D eigenvalue weighted by Gasteiger charge is 2.38. The molecule has 0 radical (unpaired) electrons. The number of nitrogens with zero attached hydrogens (tertiary/aromatic N) is 3. The molecule has 3 aromatic rings. The Morgan fingerprint density at radius 1 is 1.17 bits per heavy atom. The molecule has 1 N–H and O–H groups in total. The maximum atomic E-state index is 13.1. The first-order valence-corrected chi connectivity index (χ1v) is 9.70. The number of hydrogen-bond acceptors (Lipinski definition) is 4. The number of carbonyl (C=O) groups excluding carboxylic acids is 1. The van der Waals surface area contributed by atoms with Crippen molar-refractivity contribution in [1.29, 1.82) is 0 Å². The minimum atomic E-state index is -0.992. The highest BCUT2D eigenvalue weighted by molar-refractivity contribution is 5.85. The van der Waals surface area contributed by atoms with Crippen LogP contribution < -0.4 is 4.74 Å². The third kappa shape index (κ3) is 4.08. The molecule has 1 unspecified atom stereocenters. The quantitative estimate of drug-likeness (QED) is 0.636. The van der Waals surface area contributed by atoms with Crippen molar-refractivity contribution in [1.82, 2.24) is 14.5 Å². The number of carbonyl (C=O) groups is 2. The molecule has 7 nitrogen and oxygen atoms in total. The molecule has 1 fully saturated rings. The van der Waals surface area contributed by atoms with Crippen molar-refractivity contribution in [2.24, 2.45) is 0 Å². The lowest BCUT2D eigenvalue weighted by Crippen LogP contribution is -2.46. The van der Waals surface area contributed by atoms with Gasteiger partial charge in [-0.3, -0.25) is 4.79 Å². The lowest BCUT2D eigenvalue weighted by atomic mass is 10.2. The molecule has 29 heavy (non-hydrogen) atoms. The molecule has 0 saturated heterocycles. The summed E-state index contributed by atoms with van der Waals surface area (Å²) in [5, 5.41) is 9.41. The number of imidazole rings is 1. The Hall–Kier alpha value is -3.35. The first kappa shape index (κ1) is 19.0. The first-order valence-electron chi connectivity index (χ1n) is 9.70. The van der Waals surface area contributed by atoms with Crippen LogP contribution in [0.1, 0.15) is 25.6 Å². The Morgan fingerprint density at radius 3 is 2.55 bits per heavy atom. The summed E-state index contributed by atoms with van der Waals surface area (Å²) in [6.07, 6.45) is 1.69. The number of carboxylic acid groups (broad SMARTS) is 1. The Labute approximate surface area is 168 Å². The van der Waals surface area contributed by atoms with E-state index in [0.717, 1.165) is 29.6 Å². The van der Waals surface area contributed by atoms with Crippen LogP contribution in [0.4, 0.5) is 0 Å². The molecule has 0 bridgehead atoms. The van der Waals surface area contributed by atoms with Crippen LogP contribution in [-0.2, 0) is 22.7 Å². The van der Waals surface area contributed by atoms with Gasteiger partial charge in [0, 0.05) is 6.04 Å². The van der Waals surface area contributed by atoms with Gasteiger partial charge in [0.05, 0.1) is 11.0 Å². The monoisotopic (exact) mass is 393 g/mol. The molecule has 0 spiro atoms. The molecule has 1 atom stereocenters. The smallest absolute Gasteiger partial charge is 0.326 e. The van der Waals surface area contributed by atoms with E-state index in [1.165, 1.54) is 4.90 Å². The highest BCUT2D eigenvalue weighted by Crippen LogP contribution is 2.29. The van der Waals surface area contributed by atoms with Crippen LogP contribution in [0.3, 0.4) is 0 Å². The molecule has 150 valence electrons. The van der Waals surface area contributed by atoms with Crippen LogP contribution in [0.5, 0.6) is 5.75 Å². The summed E-state index contributed by atoms with van der Waals surface area (Å²) in [7, 11) is 0. The van der Waals surface area contributed by atoms with Crippen LogP contribution in [0.15, 0.2) is 54.6 Å². The summed E-state index contributed by atoms with van der Waals surface area (Å²) in [5.41, 5.74) is 1.60. The number of hydrogen-bond donors (Lipinski definition) is 1. The first-order chi connectivity index (χ1) is 14.0. The zero-order valence-electron chi connectivity index (χ0n) is 16.2. The minimum absolute atomic E-state index is 0.00686. The molecule has 1 aliphatic rings. The Bertz CT molecular complexity index is 1030. The van der Waals surface area contributed by atoms with E-state index < -0.39 is 12.0 Å². The number of carboxylic acids is 1. The molecule has 1 saturated carbocycles. The number of para-hydroxylation sites is 3. The molecule has 1 aliphatic carbocycles. The minimum Gasteiger partial charge on any atom is -0.486 e. The van der Waals surface area contributed by atoms with Gasteiger partial charge >= 0.3 is 5.97 Å². The largest absolute Gasteiger partial charge is 0.486 e. The zero-order valence-corrected chi connectivity index (χ0v) is 16.2. The maximum Gasteiger partial charge on any atom is 0.326 e. The van der Waals surface area contributed by atoms with Gasteiger partial charge in [0.15, 0.2) is 0 Å². The van der Waals surface area contributed by atoms with Gasteiger partial charge in [-0.2, -0.15) is 0 Å². The number of aliphatic carboxylic acids is 1. The third-order valence-electron chi connectivity index (χ3n) is 5.14. The van der Waals surface area contributed by atoms with Crippen molar-refractivity contribution in [3.05, 3.63) is 60.4 Å². The van der Waals surface area contributed by atoms with Gasteiger partial charge in [-0.15, -0.1) is 0 Å². The number of fused-ring (bicyclic) bond motifs is 1. The van der Waals surface area contributed by atoms with Crippen LogP contribution in [0, 0.1) is 0 Å². The summed E-state index contributed by atoms with van der Waals surface area (Å²) in [5.74, 6) is 0.138. The van der Waals surface area contributed by atoms with Gasteiger partial charge in [-0.25, -0.2) is 9.78 Å². The van der Waals surface area contributed by atoms with Crippen LogP contribution in [0.2, 0.25) is 0 Å². The van der Waals surface area contributed by atoms with Gasteiger partial charge < -0.3 is 19.3 Å². The molecule has 2 aromatic carbocycles. The third-order valence-corrected chi connectivity index (χ3v) is 5.14. The zero-order chi connectivity index (χ0) is 20.4. The standard InChI is InChI=1S/C22H23N3O4/c1-15(22(27)28)25(16-11-12-16)21(26)13-24-19-10-6-5-9-18(19)23-20(24)14-29-17-7-3-2-4-8-17/h2-10,15-16H,11-14H2,1H3,(H,27,28). The summed E-state index contributed by atoms with van der Waals surface area (Å²) in [4.78, 5) is 30.7. The summed E-state index contributed by atoms with van der Waals surface area (Å²) in [6, 6.07) is 16.2. The van der Waals surface area contributed by atoms with Crippen LogP contribution in [0.25, 0.3) is 11.0 Å². The summed E-state index contributed by atoms with van der Waals surface area (Å²) >= 11 is 0. The number of ether oxygens (including phenoxy) is 1. The van der Waals surface area contributed by atoms with Crippen molar-refractivity contribution < 1.29 is 19.4 Å². The molecule has 1 heterocycles. The lowest BCUT2D eigenvalue weighted by molar-refractivity contribution is -0.150. The van der Waals surface area contributed by atoms with Crippen molar-refractivity contribution in [3.8, 4) is 5.75 Å². The molecule has 0 aliphatic heterocycles. The second-order valence-electron chi connectivity index (χ2n) is 7.25. The van der Waals surface area contributed by atoms with E-state index in [0.29, 0.717) is 5.82 Å². The fourth-order valence-corrected chi connectivity index (χ4v) is 3.50. The molecule has 1 aromatic heterocycles. The van der Waals surface area contributed by atoms with E-state index in [9.17, 15) is 14.7 Å². The lowest BCUT2D eigenvalue weighted by Gasteiger charge is -2.27. The average Bonchev–Trinajstić information content (AvgIpc) is 3.49. The normalized spacial score (nSPS) is 14.5. The Balaban J connectivity index is 1.61. The van der Waals surface area contributed by atoms with Crippen LogP contribution >= 0.6 is 0 Å². The SMILES string of the molecule is CC(C(=O)O)N(C(=O)Cn1c(COc2ccccc2)nc2ccccc21)C1CC1. The van der Waals surface area contributed by atoms with Gasteiger partial charge in [0.25, 0.3) is 0 Å². The van der Waals surface area contributed by atoms with E-state index in [-0.39, 0.29) is 25.1 Å². The highest BCUT2D eigenvalue weighted by atomic mass is 16.5. The van der Waals surface area contributed by atoms with Gasteiger partial charge in [-0.1, -0.05) is 30.3 Å². The van der Waals surface area contributed by atoms with Gasteiger partial charge in [-0.05, 0) is 44.0 Å². The second kappa shape index (κ2) is 7.95. The molecule has 1 amide bonds. The predicted octanol–water partition coefficient (Wildman–Crippen LogP) is 3.08. The van der Waals surface area contributed by atoms with Crippen molar-refractivity contribution in [3.63, 3.8) is 0 Å². The van der Waals surface area contributed by atoms with Gasteiger partial charge in [0.2, 0.25) is 5.91 Å². The second-order valence-corrected chi connectivity index (χ2v) is 7.25. The number of benzene rings is 2. The van der Waals surface area contributed by atoms with E-state index in [1.54, 1.807) is 6.92 Å². The predicted molar refractivity (Wildman–Crippen MR) is 107 cm³/mol. The van der Waals surface area contributed by atoms with E-state index >= 15 is 0 Å². The topological polar surface area (TPSA) is 84.7 Å². The number of amides is 1. The van der Waals surface area contributed by atoms with E-state index in [2.05, 4.69) is 4.98 Å². The van der Waals surface area contributed by atoms with Gasteiger partial charge in [0.1, 0.15) is 30.8 Å². The molecule has 7 heteroatoms. The van der Waals surface area contributed by atoms with Crippen LogP contribution in [-0.4, -0.2) is 43.5 Å². The summed E-state index contributed by atoms with van der Waals surface area (Å²) in [6.45, 7) is 1.80. The van der Waals surface area contributed by atoms with Crippen molar-refractivity contribution in [2.75, 3.05) is 0 Å². The van der Waals surface area contributed by atoms with Crippen molar-refractivity contribution >= 4 is 22.9 Å². The molecule has 4 rings (SSSR count). The fraction of sp³-hybridized carbons (Fsp3) is 0.318. The average molecular weight is 393 g/mol. The Kier molecular flexibility index (Phi) is 5.20. The fourth-order valence-electron chi connectivity index (χ4n) is 3.50. The maximum absolute atomic E-state index is 13.1. The van der Waals surface area contributed by atoms with Crippen molar-refractivity contribution in [2.45, 2.75) is 45.0 Å². The van der Waals surface area contributed by atoms with E-state index in [1.807, 2.05) is 59.2 Å². The molecular formula is C22H23N3O4. The Morgan fingerprint density at radius 2 is 1.86 bits per heavy atom.